The van der Waals surface area contributed by atoms with Crippen molar-refractivity contribution in [1.82, 2.24) is 0 Å². The maximum Gasteiger partial charge on any atom is 0.134 e. The van der Waals surface area contributed by atoms with Crippen molar-refractivity contribution in [3.8, 4) is 0 Å². The molecule has 0 bridgehead atoms. The van der Waals surface area contributed by atoms with Crippen LogP contribution in [0.5, 0.6) is 0 Å². The summed E-state index contributed by atoms with van der Waals surface area (Å²) in [5, 5.41) is 2.35. The highest BCUT2D eigenvalue weighted by Gasteiger charge is 2.06. The predicted octanol–water partition coefficient (Wildman–Crippen LogP) is 3.73. The third kappa shape index (κ3) is 2.10. The number of hydrogen-bond acceptors (Lipinski definition) is 1. The summed E-state index contributed by atoms with van der Waals surface area (Å²) in [4.78, 5) is 11.1. The highest BCUT2D eigenvalue weighted by atomic mass is 79.9. The van der Waals surface area contributed by atoms with Gasteiger partial charge < -0.3 is 0 Å². The number of fused-ring (bicyclic) bond motifs is 1. The van der Waals surface area contributed by atoms with Crippen molar-refractivity contribution in [2.45, 2.75) is 13.3 Å². The molecule has 0 atom stereocenters. The number of carbonyl (C=O) groups excluding carboxylic acids is 1. The van der Waals surface area contributed by atoms with Crippen molar-refractivity contribution in [2.24, 2.45) is 0 Å². The molecule has 0 aliphatic carbocycles. The summed E-state index contributed by atoms with van der Waals surface area (Å²) in [5.41, 5.74) is 1.06. The zero-order valence-electron chi connectivity index (χ0n) is 8.46. The zero-order valence-corrected chi connectivity index (χ0v) is 10.0. The van der Waals surface area contributed by atoms with Crippen LogP contribution in [0.3, 0.4) is 0 Å². The molecule has 2 aromatic carbocycles. The summed E-state index contributed by atoms with van der Waals surface area (Å²) in [7, 11) is 0. The Hall–Kier alpha value is -1.15. The number of halogens is 1. The first-order valence-electron chi connectivity index (χ1n) is 4.84. The van der Waals surface area contributed by atoms with E-state index in [1.54, 1.807) is 6.92 Å². The molecule has 0 radical (unpaired) electrons. The summed E-state index contributed by atoms with van der Waals surface area (Å²) < 4.78 is 1.04. The Morgan fingerprint density at radius 1 is 1.20 bits per heavy atom. The van der Waals surface area contributed by atoms with E-state index in [2.05, 4.69) is 34.1 Å². The number of hydrogen-bond donors (Lipinski definition) is 0. The van der Waals surface area contributed by atoms with Gasteiger partial charge in [0.15, 0.2) is 0 Å². The molecule has 0 spiro atoms. The molecule has 1 nitrogen and oxygen atoms in total. The Labute approximate surface area is 97.2 Å². The molecular weight excluding hydrogens is 252 g/mol. The molecule has 2 heteroatoms. The summed E-state index contributed by atoms with van der Waals surface area (Å²) in [6, 6.07) is 12.2. The third-order valence-electron chi connectivity index (χ3n) is 2.38. The zero-order chi connectivity index (χ0) is 10.8. The van der Waals surface area contributed by atoms with Crippen molar-refractivity contribution >= 4 is 32.5 Å². The van der Waals surface area contributed by atoms with Crippen LogP contribution in [0.1, 0.15) is 12.5 Å². The van der Waals surface area contributed by atoms with Crippen LogP contribution in [0.25, 0.3) is 10.8 Å². The SMILES string of the molecule is CC(=O)Cc1ccc2ccccc2c1Br. The standard InChI is InChI=1S/C13H11BrO/c1-9(15)8-11-7-6-10-4-2-3-5-12(10)13(11)14/h2-7H,8H2,1H3. The van der Waals surface area contributed by atoms with E-state index in [1.807, 2.05) is 18.2 Å². The van der Waals surface area contributed by atoms with Gasteiger partial charge in [0.25, 0.3) is 0 Å². The van der Waals surface area contributed by atoms with Crippen molar-refractivity contribution in [3.05, 3.63) is 46.4 Å². The van der Waals surface area contributed by atoms with Gasteiger partial charge in [-0.2, -0.15) is 0 Å². The van der Waals surface area contributed by atoms with Crippen molar-refractivity contribution < 1.29 is 4.79 Å². The highest BCUT2D eigenvalue weighted by molar-refractivity contribution is 9.10. The Morgan fingerprint density at radius 3 is 2.67 bits per heavy atom. The van der Waals surface area contributed by atoms with Gasteiger partial charge in [0.05, 0.1) is 0 Å². The van der Waals surface area contributed by atoms with Gasteiger partial charge in [-0.3, -0.25) is 4.79 Å². The lowest BCUT2D eigenvalue weighted by Crippen LogP contribution is -1.97. The van der Waals surface area contributed by atoms with E-state index >= 15 is 0 Å². The maximum absolute atomic E-state index is 11.1. The van der Waals surface area contributed by atoms with E-state index in [0.717, 1.165) is 15.4 Å². The smallest absolute Gasteiger partial charge is 0.134 e. The molecule has 0 unspecified atom stereocenters. The number of Topliss-reactive ketones (excluding diaryl/α,β-unsaturated/α-hetero) is 1. The number of ketones is 1. The molecule has 0 N–H and O–H groups in total. The van der Waals surface area contributed by atoms with Crippen LogP contribution in [0.4, 0.5) is 0 Å². The van der Waals surface area contributed by atoms with Gasteiger partial charge in [-0.15, -0.1) is 0 Å². The van der Waals surface area contributed by atoms with Crippen LogP contribution < -0.4 is 0 Å². The van der Waals surface area contributed by atoms with Gasteiger partial charge in [0.2, 0.25) is 0 Å². The van der Waals surface area contributed by atoms with Crippen LogP contribution >= 0.6 is 15.9 Å². The highest BCUT2D eigenvalue weighted by Crippen LogP contribution is 2.27. The van der Waals surface area contributed by atoms with E-state index in [4.69, 9.17) is 0 Å². The fraction of sp³-hybridized carbons (Fsp3) is 0.154. The van der Waals surface area contributed by atoms with Crippen LogP contribution in [0.15, 0.2) is 40.9 Å². The van der Waals surface area contributed by atoms with E-state index in [-0.39, 0.29) is 5.78 Å². The van der Waals surface area contributed by atoms with Gasteiger partial charge in [-0.25, -0.2) is 0 Å². The lowest BCUT2D eigenvalue weighted by atomic mass is 10.0. The van der Waals surface area contributed by atoms with Gasteiger partial charge in [-0.1, -0.05) is 36.4 Å². The molecule has 0 saturated heterocycles. The summed E-state index contributed by atoms with van der Waals surface area (Å²) >= 11 is 3.56. The quantitative estimate of drug-likeness (QED) is 0.806. The average Bonchev–Trinajstić information content (AvgIpc) is 2.22. The Bertz CT molecular complexity index is 517. The minimum Gasteiger partial charge on any atom is -0.300 e. The maximum atomic E-state index is 11.1. The van der Waals surface area contributed by atoms with Crippen LogP contribution in [0.2, 0.25) is 0 Å². The van der Waals surface area contributed by atoms with Gasteiger partial charge in [0.1, 0.15) is 5.78 Å². The Kier molecular flexibility index (Phi) is 2.87. The first kappa shape index (κ1) is 10.4. The molecule has 0 amide bonds. The van der Waals surface area contributed by atoms with E-state index in [9.17, 15) is 4.79 Å². The van der Waals surface area contributed by atoms with Gasteiger partial charge >= 0.3 is 0 Å². The molecule has 0 fully saturated rings. The molecule has 0 aliphatic rings. The lowest BCUT2D eigenvalue weighted by molar-refractivity contribution is -0.116. The second-order valence-electron chi connectivity index (χ2n) is 3.64. The van der Waals surface area contributed by atoms with Crippen LogP contribution in [-0.2, 0) is 11.2 Å². The monoisotopic (exact) mass is 262 g/mol. The van der Waals surface area contributed by atoms with E-state index in [1.165, 1.54) is 5.39 Å². The first-order chi connectivity index (χ1) is 7.18. The van der Waals surface area contributed by atoms with E-state index < -0.39 is 0 Å². The number of carbonyl (C=O) groups is 1. The molecule has 0 aliphatic heterocycles. The van der Waals surface area contributed by atoms with Crippen molar-refractivity contribution in [1.29, 1.82) is 0 Å². The molecule has 2 rings (SSSR count). The van der Waals surface area contributed by atoms with Crippen LogP contribution in [0, 0.1) is 0 Å². The number of rotatable bonds is 2. The van der Waals surface area contributed by atoms with Crippen molar-refractivity contribution in [3.63, 3.8) is 0 Å². The van der Waals surface area contributed by atoms with Crippen LogP contribution in [-0.4, -0.2) is 5.78 Å². The molecular formula is C13H11BrO. The molecule has 0 heterocycles. The average molecular weight is 263 g/mol. The van der Waals surface area contributed by atoms with Crippen molar-refractivity contribution in [2.75, 3.05) is 0 Å². The number of benzene rings is 2. The normalized spacial score (nSPS) is 10.5. The Morgan fingerprint density at radius 2 is 1.93 bits per heavy atom. The fourth-order valence-electron chi connectivity index (χ4n) is 1.68. The second-order valence-corrected chi connectivity index (χ2v) is 4.43. The molecule has 76 valence electrons. The summed E-state index contributed by atoms with van der Waals surface area (Å²) in [6.45, 7) is 1.61. The lowest BCUT2D eigenvalue weighted by Gasteiger charge is -2.06. The fourth-order valence-corrected chi connectivity index (χ4v) is 2.32. The minimum atomic E-state index is 0.186. The summed E-state index contributed by atoms with van der Waals surface area (Å²) in [5.74, 6) is 0.186. The molecule has 0 aromatic heterocycles. The van der Waals surface area contributed by atoms with Gasteiger partial charge in [-0.05, 0) is 39.2 Å². The molecule has 2 aromatic rings. The molecule has 15 heavy (non-hydrogen) atoms. The minimum absolute atomic E-state index is 0.186. The Balaban J connectivity index is 2.59. The largest absolute Gasteiger partial charge is 0.300 e. The topological polar surface area (TPSA) is 17.1 Å². The predicted molar refractivity (Wildman–Crippen MR) is 66.0 cm³/mol. The second kappa shape index (κ2) is 4.15. The summed E-state index contributed by atoms with van der Waals surface area (Å²) in [6.07, 6.45) is 0.491. The first-order valence-corrected chi connectivity index (χ1v) is 5.63. The van der Waals surface area contributed by atoms with E-state index in [0.29, 0.717) is 6.42 Å². The van der Waals surface area contributed by atoms with Gasteiger partial charge in [0, 0.05) is 10.9 Å². The molecule has 0 saturated carbocycles. The third-order valence-corrected chi connectivity index (χ3v) is 3.32.